The molecule has 1 aliphatic heterocycles. The van der Waals surface area contributed by atoms with E-state index in [2.05, 4.69) is 4.90 Å². The minimum Gasteiger partial charge on any atom is -0.459 e. The van der Waals surface area contributed by atoms with E-state index >= 15 is 0 Å². The number of benzene rings is 2. The largest absolute Gasteiger partial charge is 0.459 e. The van der Waals surface area contributed by atoms with Gasteiger partial charge in [-0.15, -0.1) is 0 Å². The molecule has 0 bridgehead atoms. The van der Waals surface area contributed by atoms with Crippen molar-refractivity contribution in [2.24, 2.45) is 0 Å². The van der Waals surface area contributed by atoms with Gasteiger partial charge in [-0.25, -0.2) is 8.42 Å². The zero-order valence-electron chi connectivity index (χ0n) is 17.9. The quantitative estimate of drug-likeness (QED) is 0.545. The summed E-state index contributed by atoms with van der Waals surface area (Å²) >= 11 is 0. The van der Waals surface area contributed by atoms with Gasteiger partial charge in [-0.05, 0) is 35.9 Å². The number of amides is 1. The molecule has 0 radical (unpaired) electrons. The molecule has 7 nitrogen and oxygen atoms in total. The fraction of sp³-hybridized carbons (Fsp3) is 0.292. The molecule has 2 aromatic carbocycles. The van der Waals surface area contributed by atoms with Gasteiger partial charge >= 0.3 is 0 Å². The first kappa shape index (κ1) is 22.1. The summed E-state index contributed by atoms with van der Waals surface area (Å²) in [4.78, 5) is 17.0. The molecular formula is C24H26N2O5S. The molecule has 1 saturated heterocycles. The topological polar surface area (TPSA) is 80.1 Å². The molecule has 0 spiro atoms. The molecule has 1 aliphatic rings. The number of carbonyl (C=O) groups is 1. The smallest absolute Gasteiger partial charge is 0.289 e. The van der Waals surface area contributed by atoms with Gasteiger partial charge in [-0.3, -0.25) is 4.79 Å². The second kappa shape index (κ2) is 9.58. The maximum absolute atomic E-state index is 13.0. The summed E-state index contributed by atoms with van der Waals surface area (Å²) in [5.74, 6) is -0.598. The van der Waals surface area contributed by atoms with Crippen LogP contribution in [0.25, 0.3) is 0 Å². The number of hydrogen-bond acceptors (Lipinski definition) is 6. The molecule has 1 amide bonds. The Morgan fingerprint density at radius 3 is 2.38 bits per heavy atom. The molecule has 168 valence electrons. The summed E-state index contributed by atoms with van der Waals surface area (Å²) in [6.45, 7) is 3.57. The van der Waals surface area contributed by atoms with Crippen LogP contribution in [-0.2, 0) is 26.9 Å². The third-order valence-electron chi connectivity index (χ3n) is 5.47. The van der Waals surface area contributed by atoms with Crippen molar-refractivity contribution in [3.8, 4) is 0 Å². The standard InChI is InChI=1S/C24H26N2O5S/c1-25(17-19-7-9-21(10-8-19)26-12-15-30-16-13-26)24(27)23-20(11-14-31-23)18-32(28,29)22-5-3-2-4-6-22/h2-11,14H,12-13,15-18H2,1H3. The minimum atomic E-state index is -3.58. The maximum atomic E-state index is 13.0. The van der Waals surface area contributed by atoms with Crippen molar-refractivity contribution in [1.82, 2.24) is 4.90 Å². The highest BCUT2D eigenvalue weighted by Crippen LogP contribution is 2.22. The number of hydrogen-bond donors (Lipinski definition) is 0. The molecular weight excluding hydrogens is 428 g/mol. The van der Waals surface area contributed by atoms with Gasteiger partial charge in [0.15, 0.2) is 15.6 Å². The van der Waals surface area contributed by atoms with E-state index in [1.54, 1.807) is 43.4 Å². The van der Waals surface area contributed by atoms with Crippen LogP contribution in [0, 0.1) is 0 Å². The predicted molar refractivity (Wildman–Crippen MR) is 121 cm³/mol. The highest BCUT2D eigenvalue weighted by molar-refractivity contribution is 7.90. The van der Waals surface area contributed by atoms with Crippen LogP contribution < -0.4 is 4.90 Å². The molecule has 8 heteroatoms. The Bertz CT molecular complexity index is 1150. The van der Waals surface area contributed by atoms with Crippen molar-refractivity contribution in [3.05, 3.63) is 83.8 Å². The first-order valence-electron chi connectivity index (χ1n) is 10.5. The van der Waals surface area contributed by atoms with Crippen LogP contribution in [0.4, 0.5) is 5.69 Å². The number of carbonyl (C=O) groups excluding carboxylic acids is 1. The number of morpholine rings is 1. The average molecular weight is 455 g/mol. The lowest BCUT2D eigenvalue weighted by molar-refractivity contribution is 0.0752. The van der Waals surface area contributed by atoms with Gasteiger partial charge < -0.3 is 19.0 Å². The molecule has 0 atom stereocenters. The van der Waals surface area contributed by atoms with E-state index in [0.717, 1.165) is 37.6 Å². The van der Waals surface area contributed by atoms with Crippen molar-refractivity contribution in [2.75, 3.05) is 38.3 Å². The molecule has 0 saturated carbocycles. The second-order valence-electron chi connectivity index (χ2n) is 7.77. The van der Waals surface area contributed by atoms with E-state index in [4.69, 9.17) is 9.15 Å². The fourth-order valence-corrected chi connectivity index (χ4v) is 5.08. The van der Waals surface area contributed by atoms with Crippen molar-refractivity contribution in [1.29, 1.82) is 0 Å². The number of nitrogens with zero attached hydrogens (tertiary/aromatic N) is 2. The van der Waals surface area contributed by atoms with Crippen LogP contribution in [0.1, 0.15) is 21.7 Å². The van der Waals surface area contributed by atoms with Gasteiger partial charge in [-0.2, -0.15) is 0 Å². The van der Waals surface area contributed by atoms with E-state index in [1.807, 2.05) is 24.3 Å². The van der Waals surface area contributed by atoms with Crippen LogP contribution in [0.5, 0.6) is 0 Å². The third kappa shape index (κ3) is 5.03. The monoisotopic (exact) mass is 454 g/mol. The van der Waals surface area contributed by atoms with Crippen LogP contribution >= 0.6 is 0 Å². The summed E-state index contributed by atoms with van der Waals surface area (Å²) in [5, 5.41) is 0. The molecule has 2 heterocycles. The Morgan fingerprint density at radius 1 is 1.00 bits per heavy atom. The molecule has 4 rings (SSSR count). The summed E-state index contributed by atoms with van der Waals surface area (Å²) in [5.41, 5.74) is 2.46. The fourth-order valence-electron chi connectivity index (χ4n) is 3.71. The lowest BCUT2D eigenvalue weighted by atomic mass is 10.1. The summed E-state index contributed by atoms with van der Waals surface area (Å²) < 4.78 is 36.2. The van der Waals surface area contributed by atoms with Crippen molar-refractivity contribution in [3.63, 3.8) is 0 Å². The van der Waals surface area contributed by atoms with Crippen LogP contribution in [0.3, 0.4) is 0 Å². The molecule has 0 N–H and O–H groups in total. The molecule has 32 heavy (non-hydrogen) atoms. The van der Waals surface area contributed by atoms with E-state index in [1.165, 1.54) is 11.2 Å². The Balaban J connectivity index is 1.43. The highest BCUT2D eigenvalue weighted by Gasteiger charge is 2.24. The number of rotatable bonds is 7. The first-order chi connectivity index (χ1) is 15.4. The lowest BCUT2D eigenvalue weighted by Gasteiger charge is -2.29. The SMILES string of the molecule is CN(Cc1ccc(N2CCOCC2)cc1)C(=O)c1occc1CS(=O)(=O)c1ccccc1. The van der Waals surface area contributed by atoms with E-state index in [-0.39, 0.29) is 22.3 Å². The van der Waals surface area contributed by atoms with E-state index < -0.39 is 9.84 Å². The third-order valence-corrected chi connectivity index (χ3v) is 7.15. The Kier molecular flexibility index (Phi) is 6.62. The van der Waals surface area contributed by atoms with Gasteiger partial charge in [0.1, 0.15) is 0 Å². The minimum absolute atomic E-state index is 0.0527. The average Bonchev–Trinajstić information content (AvgIpc) is 3.27. The number of furan rings is 1. The summed E-state index contributed by atoms with van der Waals surface area (Å²) in [6.07, 6.45) is 1.36. The molecule has 0 unspecified atom stereocenters. The van der Waals surface area contributed by atoms with E-state index in [9.17, 15) is 13.2 Å². The molecule has 0 aliphatic carbocycles. The van der Waals surface area contributed by atoms with Gasteiger partial charge in [0.2, 0.25) is 0 Å². The molecule has 1 fully saturated rings. The molecule has 3 aromatic rings. The zero-order valence-corrected chi connectivity index (χ0v) is 18.8. The Morgan fingerprint density at radius 2 is 1.69 bits per heavy atom. The second-order valence-corrected chi connectivity index (χ2v) is 9.76. The maximum Gasteiger partial charge on any atom is 0.289 e. The summed E-state index contributed by atoms with van der Waals surface area (Å²) in [7, 11) is -1.91. The van der Waals surface area contributed by atoms with Crippen LogP contribution in [0.15, 0.2) is 76.2 Å². The van der Waals surface area contributed by atoms with Crippen molar-refractivity contribution >= 4 is 21.4 Å². The van der Waals surface area contributed by atoms with Gasteiger partial charge in [-0.1, -0.05) is 30.3 Å². The Labute approximate surface area is 188 Å². The van der Waals surface area contributed by atoms with Gasteiger partial charge in [0.25, 0.3) is 5.91 Å². The molecule has 1 aromatic heterocycles. The van der Waals surface area contributed by atoms with Gasteiger partial charge in [0.05, 0.1) is 30.1 Å². The number of anilines is 1. The zero-order chi connectivity index (χ0) is 22.6. The summed E-state index contributed by atoms with van der Waals surface area (Å²) in [6, 6.07) is 17.8. The van der Waals surface area contributed by atoms with Crippen molar-refractivity contribution < 1.29 is 22.4 Å². The number of ether oxygens (including phenoxy) is 1. The van der Waals surface area contributed by atoms with Crippen molar-refractivity contribution in [2.45, 2.75) is 17.2 Å². The predicted octanol–water partition coefficient (Wildman–Crippen LogP) is 3.36. The van der Waals surface area contributed by atoms with Gasteiger partial charge in [0, 0.05) is 37.9 Å². The van der Waals surface area contributed by atoms with Crippen LogP contribution in [-0.4, -0.2) is 52.6 Å². The normalized spacial score (nSPS) is 14.3. The number of sulfone groups is 1. The highest BCUT2D eigenvalue weighted by atomic mass is 32.2. The van der Waals surface area contributed by atoms with E-state index in [0.29, 0.717) is 12.1 Å². The lowest BCUT2D eigenvalue weighted by Crippen LogP contribution is -2.36. The first-order valence-corrected chi connectivity index (χ1v) is 12.1. The van der Waals surface area contributed by atoms with Crippen LogP contribution in [0.2, 0.25) is 0 Å². The Hall–Kier alpha value is -3.10.